The fraction of sp³-hybridized carbons (Fsp3) is 0.192. The maximum Gasteiger partial charge on any atom is 0.0788 e. The van der Waals surface area contributed by atoms with Gasteiger partial charge < -0.3 is 0 Å². The highest BCUT2D eigenvalue weighted by Gasteiger charge is 2.18. The summed E-state index contributed by atoms with van der Waals surface area (Å²) in [5, 5.41) is 2.65. The molecule has 0 radical (unpaired) electrons. The van der Waals surface area contributed by atoms with Crippen molar-refractivity contribution in [1.29, 1.82) is 0 Å². The highest BCUT2D eigenvalue weighted by atomic mass is 28.3. The van der Waals surface area contributed by atoms with Crippen molar-refractivity contribution in [3.05, 3.63) is 83.9 Å². The van der Waals surface area contributed by atoms with Gasteiger partial charge in [-0.25, -0.2) is 4.98 Å². The topological polar surface area (TPSA) is 12.9 Å². The van der Waals surface area contributed by atoms with Crippen molar-refractivity contribution in [2.24, 2.45) is 0 Å². The minimum atomic E-state index is -1.38. The summed E-state index contributed by atoms with van der Waals surface area (Å²) in [4.78, 5) is 5.20. The maximum atomic E-state index is 5.20. The largest absolute Gasteiger partial charge is 0.247 e. The van der Waals surface area contributed by atoms with Crippen LogP contribution >= 0.6 is 0 Å². The second kappa shape index (κ2) is 7.03. The van der Waals surface area contributed by atoms with Crippen LogP contribution in [0.4, 0.5) is 0 Å². The quantitative estimate of drug-likeness (QED) is 0.358. The summed E-state index contributed by atoms with van der Waals surface area (Å²) in [5.74, 6) is 0. The van der Waals surface area contributed by atoms with Crippen molar-refractivity contribution in [3.63, 3.8) is 0 Å². The summed E-state index contributed by atoms with van der Waals surface area (Å²) < 4.78 is 0. The van der Waals surface area contributed by atoms with Crippen LogP contribution in [0, 0.1) is 13.8 Å². The van der Waals surface area contributed by atoms with Crippen molar-refractivity contribution < 1.29 is 0 Å². The number of aryl methyl sites for hydroxylation is 2. The Hall–Kier alpha value is -2.71. The second-order valence-electron chi connectivity index (χ2n) is 8.78. The molecule has 1 nitrogen and oxygen atoms in total. The zero-order valence-electron chi connectivity index (χ0n) is 17.4. The van der Waals surface area contributed by atoms with E-state index in [2.05, 4.69) is 106 Å². The number of pyridine rings is 1. The Morgan fingerprint density at radius 1 is 0.679 bits per heavy atom. The fourth-order valence-corrected chi connectivity index (χ4v) is 4.96. The van der Waals surface area contributed by atoms with E-state index in [0.29, 0.717) is 0 Å². The van der Waals surface area contributed by atoms with Crippen molar-refractivity contribution >= 4 is 24.2 Å². The molecule has 0 aliphatic rings. The van der Waals surface area contributed by atoms with Crippen molar-refractivity contribution in [2.45, 2.75) is 33.5 Å². The van der Waals surface area contributed by atoms with E-state index in [0.717, 1.165) is 11.2 Å². The normalized spacial score (nSPS) is 11.8. The Balaban J connectivity index is 2.03. The van der Waals surface area contributed by atoms with E-state index in [1.165, 1.54) is 38.4 Å². The Morgan fingerprint density at radius 2 is 1.36 bits per heavy atom. The van der Waals surface area contributed by atoms with E-state index in [-0.39, 0.29) is 0 Å². The van der Waals surface area contributed by atoms with Gasteiger partial charge in [0, 0.05) is 16.5 Å². The highest BCUT2D eigenvalue weighted by molar-refractivity contribution is 6.88. The maximum absolute atomic E-state index is 5.20. The highest BCUT2D eigenvalue weighted by Crippen LogP contribution is 2.34. The first-order valence-corrected chi connectivity index (χ1v) is 13.4. The first-order chi connectivity index (χ1) is 13.3. The van der Waals surface area contributed by atoms with Crippen LogP contribution in [0.25, 0.3) is 33.3 Å². The molecule has 0 N–H and O–H groups in total. The van der Waals surface area contributed by atoms with Gasteiger partial charge in [-0.15, -0.1) is 0 Å². The van der Waals surface area contributed by atoms with Gasteiger partial charge in [-0.3, -0.25) is 0 Å². The minimum absolute atomic E-state index is 1.07. The molecule has 0 aliphatic carbocycles. The summed E-state index contributed by atoms with van der Waals surface area (Å²) in [5.41, 5.74) is 8.29. The number of fused-ring (bicyclic) bond motifs is 1. The Morgan fingerprint density at radius 3 is 2.00 bits per heavy atom. The molecule has 0 unspecified atom stereocenters. The molecule has 1 heterocycles. The predicted octanol–water partition coefficient (Wildman–Crippen LogP) is 6.73. The third kappa shape index (κ3) is 3.65. The molecular weight excluding hydrogens is 354 g/mol. The lowest BCUT2D eigenvalue weighted by molar-refractivity contribution is 1.34. The molecule has 28 heavy (non-hydrogen) atoms. The molecule has 0 saturated carbocycles. The molecule has 0 spiro atoms. The lowest BCUT2D eigenvalue weighted by Gasteiger charge is -2.18. The minimum Gasteiger partial charge on any atom is -0.247 e. The van der Waals surface area contributed by atoms with Crippen LogP contribution in [0.1, 0.15) is 11.1 Å². The van der Waals surface area contributed by atoms with Gasteiger partial charge in [0.25, 0.3) is 0 Å². The van der Waals surface area contributed by atoms with Gasteiger partial charge in [-0.05, 0) is 43.7 Å². The van der Waals surface area contributed by atoms with Crippen LogP contribution in [-0.2, 0) is 0 Å². The van der Waals surface area contributed by atoms with E-state index in [4.69, 9.17) is 4.98 Å². The van der Waals surface area contributed by atoms with Crippen LogP contribution < -0.4 is 5.19 Å². The number of hydrogen-bond acceptors (Lipinski definition) is 1. The molecule has 4 rings (SSSR count). The van der Waals surface area contributed by atoms with Crippen LogP contribution in [0.15, 0.2) is 72.8 Å². The molecular formula is C26H27NSi. The summed E-state index contributed by atoms with van der Waals surface area (Å²) >= 11 is 0. The average molecular weight is 382 g/mol. The van der Waals surface area contributed by atoms with Gasteiger partial charge in [0.05, 0.1) is 19.3 Å². The lowest BCUT2D eigenvalue weighted by Crippen LogP contribution is -2.37. The Bertz CT molecular complexity index is 1130. The zero-order valence-corrected chi connectivity index (χ0v) is 18.4. The molecule has 0 saturated heterocycles. The average Bonchev–Trinajstić information content (AvgIpc) is 2.65. The van der Waals surface area contributed by atoms with E-state index < -0.39 is 8.07 Å². The smallest absolute Gasteiger partial charge is 0.0788 e. The molecule has 3 aromatic carbocycles. The van der Waals surface area contributed by atoms with Gasteiger partial charge >= 0.3 is 0 Å². The summed E-state index contributed by atoms with van der Waals surface area (Å²) in [6.07, 6.45) is 0. The van der Waals surface area contributed by atoms with E-state index in [1.54, 1.807) is 0 Å². The lowest BCUT2D eigenvalue weighted by atomic mass is 9.95. The second-order valence-corrected chi connectivity index (χ2v) is 13.9. The SMILES string of the molecule is Cc1cc(C)cc(-c2nc3cc([Si](C)(C)C)ccc3cc2-c2ccccc2)c1. The van der Waals surface area contributed by atoms with Crippen molar-refractivity contribution in [1.82, 2.24) is 4.98 Å². The van der Waals surface area contributed by atoms with Gasteiger partial charge in [-0.2, -0.15) is 0 Å². The summed E-state index contributed by atoms with van der Waals surface area (Å²) in [6.45, 7) is 11.5. The van der Waals surface area contributed by atoms with Crippen LogP contribution in [-0.4, -0.2) is 13.1 Å². The molecule has 0 bridgehead atoms. The predicted molar refractivity (Wildman–Crippen MR) is 125 cm³/mol. The summed E-state index contributed by atoms with van der Waals surface area (Å²) in [6, 6.07) is 26.5. The zero-order chi connectivity index (χ0) is 19.9. The first kappa shape index (κ1) is 18.6. The molecule has 0 atom stereocenters. The standard InChI is InChI=1S/C26H27NSi/c1-18-13-19(2)15-22(14-18)26-24(20-9-7-6-8-10-20)16-21-11-12-23(28(3,4)5)17-25(21)27-26/h6-17H,1-5H3. The molecule has 0 amide bonds. The third-order valence-corrected chi connectivity index (χ3v) is 7.31. The number of hydrogen-bond donors (Lipinski definition) is 0. The Kier molecular flexibility index (Phi) is 4.68. The van der Waals surface area contributed by atoms with Crippen LogP contribution in [0.3, 0.4) is 0 Å². The van der Waals surface area contributed by atoms with Gasteiger partial charge in [0.1, 0.15) is 0 Å². The molecule has 1 aromatic heterocycles. The Labute approximate surface area is 169 Å². The van der Waals surface area contributed by atoms with Gasteiger partial charge in [0.15, 0.2) is 0 Å². The number of nitrogens with zero attached hydrogens (tertiary/aromatic N) is 1. The number of benzene rings is 3. The van der Waals surface area contributed by atoms with E-state index in [9.17, 15) is 0 Å². The van der Waals surface area contributed by atoms with Crippen molar-refractivity contribution in [3.8, 4) is 22.4 Å². The number of rotatable bonds is 3. The van der Waals surface area contributed by atoms with Crippen LogP contribution in [0.2, 0.25) is 19.6 Å². The molecule has 4 aromatic rings. The van der Waals surface area contributed by atoms with Crippen molar-refractivity contribution in [2.75, 3.05) is 0 Å². The molecule has 140 valence electrons. The molecule has 0 aliphatic heterocycles. The molecule has 0 fully saturated rings. The summed E-state index contributed by atoms with van der Waals surface area (Å²) in [7, 11) is -1.38. The van der Waals surface area contributed by atoms with E-state index >= 15 is 0 Å². The van der Waals surface area contributed by atoms with Gasteiger partial charge in [0.2, 0.25) is 0 Å². The van der Waals surface area contributed by atoms with Crippen LogP contribution in [0.5, 0.6) is 0 Å². The third-order valence-electron chi connectivity index (χ3n) is 5.26. The first-order valence-electron chi connectivity index (χ1n) is 9.91. The monoisotopic (exact) mass is 381 g/mol. The fourth-order valence-electron chi connectivity index (χ4n) is 3.80. The van der Waals surface area contributed by atoms with Gasteiger partial charge in [-0.1, -0.05) is 84.5 Å². The number of aromatic nitrogens is 1. The molecule has 2 heteroatoms. The van der Waals surface area contributed by atoms with E-state index in [1.807, 2.05) is 0 Å².